The molecule has 2 heterocycles. The normalized spacial score (nSPS) is 18.4. The monoisotopic (exact) mass is 506 g/mol. The largest absolute Gasteiger partial charge is 0.378 e. The second-order valence-electron chi connectivity index (χ2n) is 8.61. The Bertz CT molecular complexity index is 1100. The summed E-state index contributed by atoms with van der Waals surface area (Å²) in [5.74, 6) is -0.237. The van der Waals surface area contributed by atoms with Crippen LogP contribution in [0.1, 0.15) is 26.2 Å². The predicted molar refractivity (Wildman–Crippen MR) is 135 cm³/mol. The molecular weight excluding hydrogens is 476 g/mol. The summed E-state index contributed by atoms with van der Waals surface area (Å²) >= 11 is 6.22. The van der Waals surface area contributed by atoms with Crippen LogP contribution in [0.5, 0.6) is 0 Å². The summed E-state index contributed by atoms with van der Waals surface area (Å²) < 4.78 is 32.6. The van der Waals surface area contributed by atoms with Crippen molar-refractivity contribution < 1.29 is 17.9 Å². The first-order valence-electron chi connectivity index (χ1n) is 11.6. The molecule has 0 saturated carbocycles. The van der Waals surface area contributed by atoms with Gasteiger partial charge in [0.05, 0.1) is 29.5 Å². The van der Waals surface area contributed by atoms with Crippen molar-refractivity contribution in [2.45, 2.75) is 37.1 Å². The Kier molecular flexibility index (Phi) is 7.98. The standard InChI is InChI=1S/C24H31ClN4O4S/c1-18(26-22-17-19(25)5-10-23(22)28-13-15-33-16-14-28)24(30)27-20-6-8-21(9-7-20)34(31,32)29-11-3-2-4-12-29/h5-10,17-18,26H,2-4,11-16H2,1H3,(H,27,30). The van der Waals surface area contributed by atoms with Gasteiger partial charge in [-0.1, -0.05) is 18.0 Å². The maximum Gasteiger partial charge on any atom is 0.246 e. The van der Waals surface area contributed by atoms with Crippen molar-refractivity contribution in [2.75, 3.05) is 54.9 Å². The van der Waals surface area contributed by atoms with Gasteiger partial charge in [-0.15, -0.1) is 0 Å². The smallest absolute Gasteiger partial charge is 0.246 e. The van der Waals surface area contributed by atoms with Crippen LogP contribution in [0.15, 0.2) is 47.4 Å². The Labute approximate surface area is 206 Å². The summed E-state index contributed by atoms with van der Waals surface area (Å²) in [4.78, 5) is 15.3. The number of hydrogen-bond acceptors (Lipinski definition) is 6. The molecule has 2 aliphatic heterocycles. The van der Waals surface area contributed by atoms with Gasteiger partial charge in [0.1, 0.15) is 6.04 Å². The Balaban J connectivity index is 1.41. The molecule has 2 saturated heterocycles. The third-order valence-electron chi connectivity index (χ3n) is 6.15. The second-order valence-corrected chi connectivity index (χ2v) is 11.0. The fraction of sp³-hybridized carbons (Fsp3) is 0.458. The molecule has 8 nitrogen and oxygen atoms in total. The number of ether oxygens (including phenoxy) is 1. The Hall–Kier alpha value is -2.33. The highest BCUT2D eigenvalue weighted by Crippen LogP contribution is 2.30. The van der Waals surface area contributed by atoms with E-state index < -0.39 is 16.1 Å². The molecule has 2 N–H and O–H groups in total. The molecule has 0 aromatic heterocycles. The molecule has 2 aliphatic rings. The maximum atomic E-state index is 12.9. The third kappa shape index (κ3) is 5.83. The van der Waals surface area contributed by atoms with Gasteiger partial charge in [-0.05, 0) is 62.2 Å². The summed E-state index contributed by atoms with van der Waals surface area (Å²) in [5.41, 5.74) is 2.29. The molecule has 0 bridgehead atoms. The van der Waals surface area contributed by atoms with Crippen LogP contribution in [0, 0.1) is 0 Å². The summed E-state index contributed by atoms with van der Waals surface area (Å²) in [6.07, 6.45) is 2.84. The fourth-order valence-corrected chi connectivity index (χ4v) is 5.91. The molecule has 10 heteroatoms. The van der Waals surface area contributed by atoms with Gasteiger partial charge >= 0.3 is 0 Å². The average Bonchev–Trinajstić information content (AvgIpc) is 2.85. The molecule has 2 aromatic carbocycles. The molecule has 2 aromatic rings. The first-order valence-corrected chi connectivity index (χ1v) is 13.5. The van der Waals surface area contributed by atoms with Crippen LogP contribution in [0.4, 0.5) is 17.1 Å². The van der Waals surface area contributed by atoms with E-state index in [0.717, 1.165) is 43.7 Å². The maximum absolute atomic E-state index is 12.9. The number of piperidine rings is 1. The predicted octanol–water partition coefficient (Wildman–Crippen LogP) is 3.79. The Morgan fingerprint density at radius 1 is 1.00 bits per heavy atom. The minimum atomic E-state index is -3.50. The number of nitrogens with zero attached hydrogens (tertiary/aromatic N) is 2. The SMILES string of the molecule is CC(Nc1cc(Cl)ccc1N1CCOCC1)C(=O)Nc1ccc(S(=O)(=O)N2CCCCC2)cc1. The lowest BCUT2D eigenvalue weighted by molar-refractivity contribution is -0.116. The number of morpholine rings is 1. The fourth-order valence-electron chi connectivity index (χ4n) is 4.22. The van der Waals surface area contributed by atoms with E-state index >= 15 is 0 Å². The zero-order valence-electron chi connectivity index (χ0n) is 19.3. The van der Waals surface area contributed by atoms with Gasteiger partial charge in [0.25, 0.3) is 0 Å². The first-order chi connectivity index (χ1) is 16.3. The zero-order valence-corrected chi connectivity index (χ0v) is 20.9. The van der Waals surface area contributed by atoms with Gasteiger partial charge in [-0.2, -0.15) is 4.31 Å². The van der Waals surface area contributed by atoms with E-state index in [4.69, 9.17) is 16.3 Å². The van der Waals surface area contributed by atoms with Gasteiger partial charge in [0, 0.05) is 36.9 Å². The topological polar surface area (TPSA) is 91.0 Å². The molecule has 0 aliphatic carbocycles. The van der Waals surface area contributed by atoms with Crippen molar-refractivity contribution in [2.24, 2.45) is 0 Å². The van der Waals surface area contributed by atoms with Gasteiger partial charge in [0.2, 0.25) is 15.9 Å². The quantitative estimate of drug-likeness (QED) is 0.593. The number of carbonyl (C=O) groups is 1. The lowest BCUT2D eigenvalue weighted by Crippen LogP contribution is -2.37. The van der Waals surface area contributed by atoms with Crippen molar-refractivity contribution in [3.63, 3.8) is 0 Å². The number of rotatable bonds is 7. The average molecular weight is 507 g/mol. The van der Waals surface area contributed by atoms with Crippen molar-refractivity contribution in [1.29, 1.82) is 0 Å². The molecule has 1 atom stereocenters. The van der Waals surface area contributed by atoms with E-state index in [1.807, 2.05) is 18.2 Å². The van der Waals surface area contributed by atoms with Crippen LogP contribution >= 0.6 is 11.6 Å². The van der Waals surface area contributed by atoms with Crippen LogP contribution in [0.3, 0.4) is 0 Å². The summed E-state index contributed by atoms with van der Waals surface area (Å²) in [7, 11) is -3.50. The highest BCUT2D eigenvalue weighted by molar-refractivity contribution is 7.89. The number of anilines is 3. The molecule has 1 amide bonds. The highest BCUT2D eigenvalue weighted by Gasteiger charge is 2.26. The molecule has 0 radical (unpaired) electrons. The van der Waals surface area contributed by atoms with E-state index in [-0.39, 0.29) is 10.8 Å². The summed E-state index contributed by atoms with van der Waals surface area (Å²) in [6.45, 7) is 5.73. The van der Waals surface area contributed by atoms with Crippen LogP contribution < -0.4 is 15.5 Å². The molecule has 1 unspecified atom stereocenters. The van der Waals surface area contributed by atoms with Crippen LogP contribution in [-0.2, 0) is 19.6 Å². The van der Waals surface area contributed by atoms with Gasteiger partial charge < -0.3 is 20.3 Å². The van der Waals surface area contributed by atoms with Crippen LogP contribution in [-0.4, -0.2) is 64.1 Å². The van der Waals surface area contributed by atoms with E-state index in [1.54, 1.807) is 31.2 Å². The van der Waals surface area contributed by atoms with Gasteiger partial charge in [0.15, 0.2) is 0 Å². The van der Waals surface area contributed by atoms with Gasteiger partial charge in [-0.3, -0.25) is 4.79 Å². The lowest BCUT2D eigenvalue weighted by Gasteiger charge is -2.31. The summed E-state index contributed by atoms with van der Waals surface area (Å²) in [6, 6.07) is 11.4. The number of halogens is 1. The van der Waals surface area contributed by atoms with E-state index in [2.05, 4.69) is 15.5 Å². The molecule has 4 rings (SSSR count). The van der Waals surface area contributed by atoms with Gasteiger partial charge in [-0.25, -0.2) is 8.42 Å². The number of nitrogens with one attached hydrogen (secondary N) is 2. The van der Waals surface area contributed by atoms with Crippen LogP contribution in [0.25, 0.3) is 0 Å². The molecule has 0 spiro atoms. The number of sulfonamides is 1. The molecule has 184 valence electrons. The Morgan fingerprint density at radius 2 is 1.68 bits per heavy atom. The minimum absolute atomic E-state index is 0.237. The zero-order chi connectivity index (χ0) is 24.1. The van der Waals surface area contributed by atoms with E-state index in [9.17, 15) is 13.2 Å². The molecular formula is C24H31ClN4O4S. The van der Waals surface area contributed by atoms with E-state index in [0.29, 0.717) is 37.0 Å². The van der Waals surface area contributed by atoms with E-state index in [1.165, 1.54) is 4.31 Å². The number of hydrogen-bond donors (Lipinski definition) is 2. The van der Waals surface area contributed by atoms with Crippen molar-refractivity contribution in [1.82, 2.24) is 4.31 Å². The van der Waals surface area contributed by atoms with Crippen molar-refractivity contribution in [3.05, 3.63) is 47.5 Å². The molecule has 2 fully saturated rings. The van der Waals surface area contributed by atoms with Crippen molar-refractivity contribution in [3.8, 4) is 0 Å². The Morgan fingerprint density at radius 3 is 2.35 bits per heavy atom. The second kappa shape index (κ2) is 10.9. The number of benzene rings is 2. The lowest BCUT2D eigenvalue weighted by atomic mass is 10.2. The number of amides is 1. The third-order valence-corrected chi connectivity index (χ3v) is 8.30. The van der Waals surface area contributed by atoms with Crippen LogP contribution in [0.2, 0.25) is 5.02 Å². The molecule has 34 heavy (non-hydrogen) atoms. The summed E-state index contributed by atoms with van der Waals surface area (Å²) in [5, 5.41) is 6.70. The minimum Gasteiger partial charge on any atom is -0.378 e. The first kappa shape index (κ1) is 24.8. The van der Waals surface area contributed by atoms with Crippen molar-refractivity contribution >= 4 is 44.6 Å². The number of carbonyl (C=O) groups excluding carboxylic acids is 1. The highest BCUT2D eigenvalue weighted by atomic mass is 35.5.